The molecule has 126 valence electrons. The molecule has 1 saturated carbocycles. The van der Waals surface area contributed by atoms with Crippen LogP contribution < -0.4 is 16.0 Å². The molecule has 1 heterocycles. The third-order valence-corrected chi connectivity index (χ3v) is 4.16. The molecule has 3 rings (SSSR count). The molecule has 1 aliphatic heterocycles. The molecular weight excluding hydrogens is 314 g/mol. The summed E-state index contributed by atoms with van der Waals surface area (Å²) >= 11 is 0. The summed E-state index contributed by atoms with van der Waals surface area (Å²) in [6, 6.07) is 7.83. The van der Waals surface area contributed by atoms with Crippen LogP contribution in [0.1, 0.15) is 37.7 Å². The zero-order chi connectivity index (χ0) is 15.4. The molecule has 1 aromatic rings. The lowest BCUT2D eigenvalue weighted by Crippen LogP contribution is -2.43. The second-order valence-corrected chi connectivity index (χ2v) is 6.21. The molecule has 0 aromatic heterocycles. The Kier molecular flexibility index (Phi) is 6.42. The van der Waals surface area contributed by atoms with Crippen LogP contribution in [-0.4, -0.2) is 30.4 Å². The Bertz CT molecular complexity index is 537. The summed E-state index contributed by atoms with van der Waals surface area (Å²) in [5, 5.41) is 9.14. The van der Waals surface area contributed by atoms with E-state index >= 15 is 0 Å². The number of nitrogens with one attached hydrogen (secondary N) is 3. The number of hydrogen-bond donors (Lipinski definition) is 3. The van der Waals surface area contributed by atoms with Gasteiger partial charge in [0, 0.05) is 11.7 Å². The highest BCUT2D eigenvalue weighted by atomic mass is 35.5. The second kappa shape index (κ2) is 8.31. The van der Waals surface area contributed by atoms with E-state index in [0.717, 1.165) is 49.9 Å². The number of carbonyl (C=O) groups excluding carboxylic acids is 2. The SMILES string of the molecule is Cl.O=C(Cc1ccc(NC(=O)[C@H]2CCCCN2)cc1)NC1CC1. The second-order valence-electron chi connectivity index (χ2n) is 6.21. The van der Waals surface area contributed by atoms with Crippen LogP contribution in [0.2, 0.25) is 0 Å². The third-order valence-electron chi connectivity index (χ3n) is 4.16. The first kappa shape index (κ1) is 17.8. The summed E-state index contributed by atoms with van der Waals surface area (Å²) in [7, 11) is 0. The zero-order valence-electron chi connectivity index (χ0n) is 13.1. The van der Waals surface area contributed by atoms with Crippen molar-refractivity contribution in [3.05, 3.63) is 29.8 Å². The smallest absolute Gasteiger partial charge is 0.241 e. The molecule has 0 bridgehead atoms. The summed E-state index contributed by atoms with van der Waals surface area (Å²) in [5.74, 6) is 0.101. The van der Waals surface area contributed by atoms with Crippen molar-refractivity contribution in [2.24, 2.45) is 0 Å². The van der Waals surface area contributed by atoms with Crippen LogP contribution in [0.25, 0.3) is 0 Å². The van der Waals surface area contributed by atoms with E-state index in [1.165, 1.54) is 0 Å². The molecule has 0 radical (unpaired) electrons. The van der Waals surface area contributed by atoms with E-state index in [9.17, 15) is 9.59 Å². The summed E-state index contributed by atoms with van der Waals surface area (Å²) in [6.07, 6.45) is 5.74. The average molecular weight is 338 g/mol. The molecule has 1 saturated heterocycles. The van der Waals surface area contributed by atoms with Crippen LogP contribution in [0.15, 0.2) is 24.3 Å². The van der Waals surface area contributed by atoms with Crippen molar-refractivity contribution >= 4 is 29.9 Å². The minimum absolute atomic E-state index is 0. The van der Waals surface area contributed by atoms with Gasteiger partial charge in [-0.15, -0.1) is 12.4 Å². The predicted molar refractivity (Wildman–Crippen MR) is 92.8 cm³/mol. The first-order valence-electron chi connectivity index (χ1n) is 8.13. The molecule has 1 aromatic carbocycles. The van der Waals surface area contributed by atoms with E-state index < -0.39 is 0 Å². The van der Waals surface area contributed by atoms with E-state index in [1.54, 1.807) is 0 Å². The molecule has 0 unspecified atom stereocenters. The number of hydrogen-bond acceptors (Lipinski definition) is 3. The van der Waals surface area contributed by atoms with E-state index in [2.05, 4.69) is 16.0 Å². The van der Waals surface area contributed by atoms with E-state index in [0.29, 0.717) is 12.5 Å². The van der Waals surface area contributed by atoms with Crippen LogP contribution in [0.3, 0.4) is 0 Å². The van der Waals surface area contributed by atoms with Gasteiger partial charge in [0.15, 0.2) is 0 Å². The van der Waals surface area contributed by atoms with E-state index in [1.807, 2.05) is 24.3 Å². The molecular formula is C17H24ClN3O2. The fourth-order valence-corrected chi connectivity index (χ4v) is 2.70. The summed E-state index contributed by atoms with van der Waals surface area (Å²) in [6.45, 7) is 0.910. The lowest BCUT2D eigenvalue weighted by molar-refractivity contribution is -0.120. The Hall–Kier alpha value is -1.59. The zero-order valence-corrected chi connectivity index (χ0v) is 14.0. The van der Waals surface area contributed by atoms with Crippen LogP contribution in [-0.2, 0) is 16.0 Å². The maximum Gasteiger partial charge on any atom is 0.241 e. The number of amides is 2. The van der Waals surface area contributed by atoms with Gasteiger partial charge in [0.25, 0.3) is 0 Å². The quantitative estimate of drug-likeness (QED) is 0.769. The third kappa shape index (κ3) is 5.52. The van der Waals surface area contributed by atoms with E-state index in [-0.39, 0.29) is 30.3 Å². The summed E-state index contributed by atoms with van der Waals surface area (Å²) in [4.78, 5) is 23.9. The Morgan fingerprint density at radius 1 is 1.09 bits per heavy atom. The summed E-state index contributed by atoms with van der Waals surface area (Å²) in [5.41, 5.74) is 1.75. The topological polar surface area (TPSA) is 70.2 Å². The van der Waals surface area contributed by atoms with Crippen molar-refractivity contribution < 1.29 is 9.59 Å². The van der Waals surface area contributed by atoms with Crippen LogP contribution in [0.5, 0.6) is 0 Å². The van der Waals surface area contributed by atoms with Crippen LogP contribution in [0, 0.1) is 0 Å². The molecule has 5 nitrogen and oxygen atoms in total. The van der Waals surface area contributed by atoms with Gasteiger partial charge in [0.2, 0.25) is 11.8 Å². The van der Waals surface area contributed by atoms with Crippen LogP contribution in [0.4, 0.5) is 5.69 Å². The van der Waals surface area contributed by atoms with Gasteiger partial charge < -0.3 is 16.0 Å². The normalized spacial score (nSPS) is 20.3. The first-order valence-corrected chi connectivity index (χ1v) is 8.13. The van der Waals surface area contributed by atoms with Gasteiger partial charge >= 0.3 is 0 Å². The predicted octanol–water partition coefficient (Wildman–Crippen LogP) is 2.01. The van der Waals surface area contributed by atoms with Gasteiger partial charge in [-0.25, -0.2) is 0 Å². The number of carbonyl (C=O) groups is 2. The van der Waals surface area contributed by atoms with Crippen molar-refractivity contribution in [3.8, 4) is 0 Å². The molecule has 0 spiro atoms. The first-order chi connectivity index (χ1) is 10.7. The fraction of sp³-hybridized carbons (Fsp3) is 0.529. The van der Waals surface area contributed by atoms with Gasteiger partial charge in [-0.3, -0.25) is 9.59 Å². The highest BCUT2D eigenvalue weighted by molar-refractivity contribution is 5.94. The molecule has 2 aliphatic rings. The fourth-order valence-electron chi connectivity index (χ4n) is 2.70. The van der Waals surface area contributed by atoms with Crippen LogP contribution >= 0.6 is 12.4 Å². The Morgan fingerprint density at radius 3 is 2.43 bits per heavy atom. The number of halogens is 1. The lowest BCUT2D eigenvalue weighted by atomic mass is 10.0. The van der Waals surface area contributed by atoms with Crippen molar-refractivity contribution in [1.82, 2.24) is 10.6 Å². The van der Waals surface area contributed by atoms with E-state index in [4.69, 9.17) is 0 Å². The van der Waals surface area contributed by atoms with Crippen molar-refractivity contribution in [2.45, 2.75) is 50.6 Å². The van der Waals surface area contributed by atoms with Crippen molar-refractivity contribution in [3.63, 3.8) is 0 Å². The minimum atomic E-state index is -0.0854. The lowest BCUT2D eigenvalue weighted by Gasteiger charge is -2.22. The van der Waals surface area contributed by atoms with Gasteiger partial charge in [-0.05, 0) is 49.9 Å². The Morgan fingerprint density at radius 2 is 1.83 bits per heavy atom. The van der Waals surface area contributed by atoms with Crippen molar-refractivity contribution in [1.29, 1.82) is 0 Å². The summed E-state index contributed by atoms with van der Waals surface area (Å²) < 4.78 is 0. The molecule has 23 heavy (non-hydrogen) atoms. The average Bonchev–Trinajstić information content (AvgIpc) is 3.34. The van der Waals surface area contributed by atoms with Gasteiger partial charge in [-0.2, -0.15) is 0 Å². The number of piperidine rings is 1. The number of anilines is 1. The minimum Gasteiger partial charge on any atom is -0.353 e. The molecule has 1 atom stereocenters. The van der Waals surface area contributed by atoms with Crippen molar-refractivity contribution in [2.75, 3.05) is 11.9 Å². The largest absolute Gasteiger partial charge is 0.353 e. The molecule has 3 N–H and O–H groups in total. The molecule has 2 amide bonds. The monoisotopic (exact) mass is 337 g/mol. The standard InChI is InChI=1S/C17H23N3O2.ClH/c21-16(19-13-8-9-13)11-12-4-6-14(7-5-12)20-17(22)15-3-1-2-10-18-15;/h4-7,13,15,18H,1-3,8-11H2,(H,19,21)(H,20,22);1H/t15-;/m1./s1. The highest BCUT2D eigenvalue weighted by Gasteiger charge is 2.23. The van der Waals surface area contributed by atoms with Gasteiger partial charge in [0.05, 0.1) is 12.5 Å². The molecule has 2 fully saturated rings. The number of rotatable bonds is 5. The van der Waals surface area contributed by atoms with Gasteiger partial charge in [-0.1, -0.05) is 18.6 Å². The molecule has 6 heteroatoms. The maximum absolute atomic E-state index is 12.1. The Balaban J connectivity index is 0.00000192. The highest BCUT2D eigenvalue weighted by Crippen LogP contribution is 2.19. The Labute approximate surface area is 143 Å². The van der Waals surface area contributed by atoms with Gasteiger partial charge in [0.1, 0.15) is 0 Å². The maximum atomic E-state index is 12.1. The number of benzene rings is 1. The molecule has 1 aliphatic carbocycles.